The summed E-state index contributed by atoms with van der Waals surface area (Å²) in [5.74, 6) is 0.814. The third-order valence-electron chi connectivity index (χ3n) is 6.73. The van der Waals surface area contributed by atoms with Crippen LogP contribution >= 0.6 is 0 Å². The van der Waals surface area contributed by atoms with E-state index in [0.717, 1.165) is 30.3 Å². The van der Waals surface area contributed by atoms with Crippen molar-refractivity contribution in [3.05, 3.63) is 102 Å². The van der Waals surface area contributed by atoms with Crippen molar-refractivity contribution in [3.63, 3.8) is 0 Å². The van der Waals surface area contributed by atoms with Crippen molar-refractivity contribution in [2.24, 2.45) is 5.92 Å². The number of amides is 1. The molecule has 5 heteroatoms. The number of nitrogens with one attached hydrogen (secondary N) is 2. The Morgan fingerprint density at radius 2 is 1.40 bits per heavy atom. The second-order valence-electron chi connectivity index (χ2n) is 9.44. The summed E-state index contributed by atoms with van der Waals surface area (Å²) in [7, 11) is 0. The molecule has 1 aliphatic rings. The topological polar surface area (TPSA) is 47.6 Å². The van der Waals surface area contributed by atoms with E-state index in [1.54, 1.807) is 0 Å². The molecule has 0 saturated carbocycles. The summed E-state index contributed by atoms with van der Waals surface area (Å²) < 4.78 is 0. The van der Waals surface area contributed by atoms with E-state index in [2.05, 4.69) is 58.1 Å². The molecule has 0 unspecified atom stereocenters. The highest BCUT2D eigenvalue weighted by molar-refractivity contribution is 5.78. The molecule has 0 atom stereocenters. The van der Waals surface area contributed by atoms with Crippen molar-refractivity contribution in [1.82, 2.24) is 15.6 Å². The predicted octanol–water partition coefficient (Wildman–Crippen LogP) is 5.01. The summed E-state index contributed by atoms with van der Waals surface area (Å²) in [6.07, 6.45) is 4.18. The fourth-order valence-electron chi connectivity index (χ4n) is 4.68. The molecule has 184 valence electrons. The fraction of sp³-hybridized carbons (Fsp3) is 0.367. The second-order valence-corrected chi connectivity index (χ2v) is 9.44. The number of hydrazine groups is 1. The van der Waals surface area contributed by atoms with E-state index in [1.165, 1.54) is 37.9 Å². The lowest BCUT2D eigenvalue weighted by Gasteiger charge is -2.32. The largest absolute Gasteiger partial charge is 0.316 e. The van der Waals surface area contributed by atoms with E-state index in [1.807, 2.05) is 53.5 Å². The summed E-state index contributed by atoms with van der Waals surface area (Å²) in [5.41, 5.74) is 6.64. The van der Waals surface area contributed by atoms with Gasteiger partial charge in [0, 0.05) is 19.5 Å². The van der Waals surface area contributed by atoms with Gasteiger partial charge in [-0.05, 0) is 68.1 Å². The molecule has 1 aliphatic heterocycles. The van der Waals surface area contributed by atoms with Gasteiger partial charge in [-0.25, -0.2) is 0 Å². The number of carbonyl (C=O) groups excluding carboxylic acids is 1. The highest BCUT2D eigenvalue weighted by atomic mass is 16.2. The highest BCUT2D eigenvalue weighted by Crippen LogP contribution is 2.21. The summed E-state index contributed by atoms with van der Waals surface area (Å²) >= 11 is 0. The van der Waals surface area contributed by atoms with E-state index < -0.39 is 0 Å². The quantitative estimate of drug-likeness (QED) is 0.289. The molecule has 1 saturated heterocycles. The number of rotatable bonds is 12. The molecule has 0 spiro atoms. The minimum atomic E-state index is 0.0338. The van der Waals surface area contributed by atoms with Crippen LogP contribution in [0.2, 0.25) is 0 Å². The highest BCUT2D eigenvalue weighted by Gasteiger charge is 2.19. The standard InChI is InChI=1S/C30H38N4O/c35-30(32-34(29-14-8-3-9-15-29)25-28-12-6-2-7-13-28)17-21-31-20-16-26-18-22-33(23-19-26)24-27-10-4-1-5-11-27/h1-15,26,31H,16-25H2,(H,32,35). The Balaban J connectivity index is 1.13. The maximum atomic E-state index is 12.7. The number of hydrogen-bond acceptors (Lipinski definition) is 4. The van der Waals surface area contributed by atoms with E-state index in [-0.39, 0.29) is 5.91 Å². The molecule has 0 aliphatic carbocycles. The van der Waals surface area contributed by atoms with Crippen LogP contribution < -0.4 is 15.8 Å². The van der Waals surface area contributed by atoms with Gasteiger partial charge in [-0.1, -0.05) is 78.9 Å². The lowest BCUT2D eigenvalue weighted by Crippen LogP contribution is -2.43. The van der Waals surface area contributed by atoms with Gasteiger partial charge in [-0.15, -0.1) is 0 Å². The number of anilines is 1. The Labute approximate surface area is 210 Å². The number of nitrogens with zero attached hydrogens (tertiary/aromatic N) is 2. The molecule has 0 radical (unpaired) electrons. The Morgan fingerprint density at radius 3 is 2.06 bits per heavy atom. The number of likely N-dealkylation sites (tertiary alicyclic amines) is 1. The van der Waals surface area contributed by atoms with Crippen molar-refractivity contribution >= 4 is 11.6 Å². The number of para-hydroxylation sites is 1. The van der Waals surface area contributed by atoms with Gasteiger partial charge in [0.2, 0.25) is 5.91 Å². The average Bonchev–Trinajstić information content (AvgIpc) is 2.91. The molecule has 2 N–H and O–H groups in total. The van der Waals surface area contributed by atoms with Crippen LogP contribution in [0.4, 0.5) is 5.69 Å². The minimum absolute atomic E-state index is 0.0338. The molecule has 35 heavy (non-hydrogen) atoms. The molecule has 5 nitrogen and oxygen atoms in total. The van der Waals surface area contributed by atoms with Gasteiger partial charge < -0.3 is 5.32 Å². The predicted molar refractivity (Wildman–Crippen MR) is 144 cm³/mol. The van der Waals surface area contributed by atoms with Crippen LogP contribution in [0.3, 0.4) is 0 Å². The van der Waals surface area contributed by atoms with Crippen molar-refractivity contribution in [2.75, 3.05) is 31.2 Å². The minimum Gasteiger partial charge on any atom is -0.316 e. The third-order valence-corrected chi connectivity index (χ3v) is 6.73. The number of benzene rings is 3. The second kappa shape index (κ2) is 13.7. The first-order valence-corrected chi connectivity index (χ1v) is 12.9. The van der Waals surface area contributed by atoms with Crippen LogP contribution in [0.5, 0.6) is 0 Å². The van der Waals surface area contributed by atoms with Crippen LogP contribution in [0.25, 0.3) is 0 Å². The van der Waals surface area contributed by atoms with Gasteiger partial charge >= 0.3 is 0 Å². The molecular formula is C30H38N4O. The molecule has 0 bridgehead atoms. The molecule has 4 rings (SSSR count). The van der Waals surface area contributed by atoms with Crippen molar-refractivity contribution < 1.29 is 4.79 Å². The Bertz CT molecular complexity index is 989. The molecule has 1 fully saturated rings. The summed E-state index contributed by atoms with van der Waals surface area (Å²) in [4.78, 5) is 15.2. The van der Waals surface area contributed by atoms with Crippen LogP contribution in [-0.2, 0) is 17.9 Å². The van der Waals surface area contributed by atoms with Crippen LogP contribution in [0.15, 0.2) is 91.0 Å². The Morgan fingerprint density at radius 1 is 0.800 bits per heavy atom. The third kappa shape index (κ3) is 8.53. The first-order chi connectivity index (χ1) is 17.3. The number of hydrogen-bond donors (Lipinski definition) is 2. The number of carbonyl (C=O) groups is 1. The maximum absolute atomic E-state index is 12.7. The van der Waals surface area contributed by atoms with E-state index in [9.17, 15) is 4.79 Å². The van der Waals surface area contributed by atoms with Crippen molar-refractivity contribution in [2.45, 2.75) is 38.8 Å². The molecular weight excluding hydrogens is 432 g/mol. The van der Waals surface area contributed by atoms with Crippen LogP contribution in [0.1, 0.15) is 36.8 Å². The summed E-state index contributed by atoms with van der Waals surface area (Å²) in [6.45, 7) is 5.73. The smallest absolute Gasteiger partial charge is 0.239 e. The first kappa shape index (κ1) is 25.0. The number of piperidine rings is 1. The fourth-order valence-corrected chi connectivity index (χ4v) is 4.68. The molecule has 0 aromatic heterocycles. The molecule has 1 heterocycles. The van der Waals surface area contributed by atoms with Crippen molar-refractivity contribution in [3.8, 4) is 0 Å². The van der Waals surface area contributed by atoms with Gasteiger partial charge in [0.15, 0.2) is 0 Å². The normalized spacial score (nSPS) is 14.5. The van der Waals surface area contributed by atoms with Crippen LogP contribution in [-0.4, -0.2) is 37.0 Å². The van der Waals surface area contributed by atoms with Gasteiger partial charge in [-0.3, -0.25) is 20.1 Å². The monoisotopic (exact) mass is 470 g/mol. The zero-order valence-corrected chi connectivity index (χ0v) is 20.6. The van der Waals surface area contributed by atoms with E-state index >= 15 is 0 Å². The summed E-state index contributed by atoms with van der Waals surface area (Å²) in [6, 6.07) is 31.0. The van der Waals surface area contributed by atoms with E-state index in [0.29, 0.717) is 19.5 Å². The van der Waals surface area contributed by atoms with E-state index in [4.69, 9.17) is 0 Å². The molecule has 3 aromatic carbocycles. The molecule has 3 aromatic rings. The van der Waals surface area contributed by atoms with Gasteiger partial charge in [-0.2, -0.15) is 0 Å². The van der Waals surface area contributed by atoms with Crippen LogP contribution in [0, 0.1) is 5.92 Å². The maximum Gasteiger partial charge on any atom is 0.239 e. The lowest BCUT2D eigenvalue weighted by molar-refractivity contribution is -0.121. The Hall–Kier alpha value is -3.15. The van der Waals surface area contributed by atoms with Crippen molar-refractivity contribution in [1.29, 1.82) is 0 Å². The summed E-state index contributed by atoms with van der Waals surface area (Å²) in [5, 5.41) is 5.42. The lowest BCUT2D eigenvalue weighted by atomic mass is 9.93. The SMILES string of the molecule is O=C(CCNCCC1CCN(Cc2ccccc2)CC1)NN(Cc1ccccc1)c1ccccc1. The first-order valence-electron chi connectivity index (χ1n) is 12.9. The average molecular weight is 471 g/mol. The zero-order valence-electron chi connectivity index (χ0n) is 20.6. The molecule has 1 amide bonds. The van der Waals surface area contributed by atoms with Gasteiger partial charge in [0.1, 0.15) is 0 Å². The Kier molecular flexibility index (Phi) is 9.74. The zero-order chi connectivity index (χ0) is 24.1. The van der Waals surface area contributed by atoms with Gasteiger partial charge in [0.25, 0.3) is 0 Å². The van der Waals surface area contributed by atoms with Gasteiger partial charge in [0.05, 0.1) is 12.2 Å².